The van der Waals surface area contributed by atoms with E-state index < -0.39 is 0 Å². The van der Waals surface area contributed by atoms with Crippen molar-refractivity contribution in [1.29, 1.82) is 0 Å². The first kappa shape index (κ1) is 13.5. The van der Waals surface area contributed by atoms with Gasteiger partial charge in [-0.25, -0.2) is 0 Å². The molecule has 0 aliphatic heterocycles. The van der Waals surface area contributed by atoms with Crippen LogP contribution in [0.3, 0.4) is 0 Å². The van der Waals surface area contributed by atoms with Gasteiger partial charge in [0.1, 0.15) is 5.75 Å². The van der Waals surface area contributed by atoms with Crippen LogP contribution in [0.1, 0.15) is 37.1 Å². The van der Waals surface area contributed by atoms with E-state index in [2.05, 4.69) is 24.0 Å². The molecule has 5 heteroatoms. The molecule has 5 nitrogen and oxygen atoms in total. The average molecular weight is 262 g/mol. The van der Waals surface area contributed by atoms with Crippen LogP contribution in [0.2, 0.25) is 0 Å². The van der Waals surface area contributed by atoms with E-state index in [1.54, 1.807) is 0 Å². The van der Waals surface area contributed by atoms with Gasteiger partial charge in [-0.15, -0.1) is 10.2 Å². The highest BCUT2D eigenvalue weighted by molar-refractivity contribution is 5.35. The van der Waals surface area contributed by atoms with Gasteiger partial charge in [-0.2, -0.15) is 0 Å². The lowest BCUT2D eigenvalue weighted by atomic mass is 10.0. The quantitative estimate of drug-likeness (QED) is 0.865. The zero-order valence-corrected chi connectivity index (χ0v) is 11.2. The average Bonchev–Trinajstić information content (AvgIpc) is 2.85. The molecule has 0 saturated heterocycles. The van der Waals surface area contributed by atoms with Crippen molar-refractivity contribution in [3.63, 3.8) is 0 Å². The lowest BCUT2D eigenvalue weighted by Gasteiger charge is -2.12. The molecule has 0 spiro atoms. The Balaban J connectivity index is 2.01. The minimum Gasteiger partial charge on any atom is -0.484 e. The van der Waals surface area contributed by atoms with Crippen LogP contribution in [0.15, 0.2) is 28.7 Å². The summed E-state index contributed by atoms with van der Waals surface area (Å²) in [6.45, 7) is 4.48. The SMILES string of the molecule is CC(C)c1ccccc1OCc1nnc(CCO)o1. The summed E-state index contributed by atoms with van der Waals surface area (Å²) in [4.78, 5) is 0. The molecular formula is C14H18N2O3. The van der Waals surface area contributed by atoms with Crippen LogP contribution in [0, 0.1) is 0 Å². The Morgan fingerprint density at radius 2 is 1.95 bits per heavy atom. The summed E-state index contributed by atoms with van der Waals surface area (Å²) in [5.74, 6) is 2.07. The number of aliphatic hydroxyl groups excluding tert-OH is 1. The van der Waals surface area contributed by atoms with E-state index in [1.165, 1.54) is 0 Å². The summed E-state index contributed by atoms with van der Waals surface area (Å²) in [6, 6.07) is 7.91. The molecule has 0 amide bonds. The number of nitrogens with zero attached hydrogens (tertiary/aromatic N) is 2. The molecule has 0 bridgehead atoms. The number of aromatic nitrogens is 2. The van der Waals surface area contributed by atoms with Crippen molar-refractivity contribution >= 4 is 0 Å². The van der Waals surface area contributed by atoms with E-state index >= 15 is 0 Å². The molecule has 0 aliphatic rings. The third kappa shape index (κ3) is 3.54. The molecule has 0 saturated carbocycles. The maximum absolute atomic E-state index is 8.78. The van der Waals surface area contributed by atoms with Crippen molar-refractivity contribution in [1.82, 2.24) is 10.2 Å². The van der Waals surface area contributed by atoms with Crippen LogP contribution in [0.4, 0.5) is 0 Å². The van der Waals surface area contributed by atoms with Crippen LogP contribution < -0.4 is 4.74 Å². The van der Waals surface area contributed by atoms with Crippen LogP contribution in [-0.2, 0) is 13.0 Å². The first-order chi connectivity index (χ1) is 9.20. The number of para-hydroxylation sites is 1. The molecule has 1 aromatic carbocycles. The molecule has 1 heterocycles. The van der Waals surface area contributed by atoms with Gasteiger partial charge in [0.25, 0.3) is 5.89 Å². The van der Waals surface area contributed by atoms with E-state index in [1.807, 2.05) is 24.3 Å². The van der Waals surface area contributed by atoms with E-state index in [-0.39, 0.29) is 13.2 Å². The van der Waals surface area contributed by atoms with E-state index in [9.17, 15) is 0 Å². The summed E-state index contributed by atoms with van der Waals surface area (Å²) < 4.78 is 11.1. The second kappa shape index (κ2) is 6.33. The fourth-order valence-electron chi connectivity index (χ4n) is 1.77. The molecule has 0 atom stereocenters. The van der Waals surface area contributed by atoms with Crippen LogP contribution >= 0.6 is 0 Å². The van der Waals surface area contributed by atoms with Gasteiger partial charge in [-0.3, -0.25) is 0 Å². The van der Waals surface area contributed by atoms with Gasteiger partial charge in [-0.05, 0) is 17.5 Å². The number of benzene rings is 1. The van der Waals surface area contributed by atoms with Gasteiger partial charge in [0.2, 0.25) is 5.89 Å². The Hall–Kier alpha value is -1.88. The van der Waals surface area contributed by atoms with E-state index in [0.29, 0.717) is 24.1 Å². The molecule has 102 valence electrons. The van der Waals surface area contributed by atoms with E-state index in [0.717, 1.165) is 11.3 Å². The second-order valence-corrected chi connectivity index (χ2v) is 4.54. The molecule has 1 N–H and O–H groups in total. The largest absolute Gasteiger partial charge is 0.484 e. The predicted molar refractivity (Wildman–Crippen MR) is 70.0 cm³/mol. The van der Waals surface area contributed by atoms with Crippen molar-refractivity contribution < 1.29 is 14.3 Å². The normalized spacial score (nSPS) is 10.9. The number of hydrogen-bond acceptors (Lipinski definition) is 5. The van der Waals surface area contributed by atoms with Gasteiger partial charge < -0.3 is 14.3 Å². The lowest BCUT2D eigenvalue weighted by molar-refractivity contribution is 0.247. The molecule has 2 aromatic rings. The minimum atomic E-state index is -0.00132. The van der Waals surface area contributed by atoms with Crippen molar-refractivity contribution in [3.05, 3.63) is 41.6 Å². The summed E-state index contributed by atoms with van der Waals surface area (Å²) >= 11 is 0. The Bertz CT molecular complexity index is 523. The maximum atomic E-state index is 8.78. The fraction of sp³-hybridized carbons (Fsp3) is 0.429. The molecule has 19 heavy (non-hydrogen) atoms. The maximum Gasteiger partial charge on any atom is 0.253 e. The summed E-state index contributed by atoms with van der Waals surface area (Å²) in [5.41, 5.74) is 1.15. The Morgan fingerprint density at radius 3 is 2.68 bits per heavy atom. The van der Waals surface area contributed by atoms with Gasteiger partial charge >= 0.3 is 0 Å². The Kier molecular flexibility index (Phi) is 4.52. The minimum absolute atomic E-state index is 0.00132. The molecule has 0 fully saturated rings. The summed E-state index contributed by atoms with van der Waals surface area (Å²) in [5, 5.41) is 16.5. The first-order valence-corrected chi connectivity index (χ1v) is 6.34. The second-order valence-electron chi connectivity index (χ2n) is 4.54. The predicted octanol–water partition coefficient (Wildman–Crippen LogP) is 2.31. The highest BCUT2D eigenvalue weighted by atomic mass is 16.5. The topological polar surface area (TPSA) is 68.4 Å². The number of ether oxygens (including phenoxy) is 1. The van der Waals surface area contributed by atoms with Crippen molar-refractivity contribution in [2.75, 3.05) is 6.61 Å². The molecule has 2 rings (SSSR count). The molecule has 0 radical (unpaired) electrons. The number of aliphatic hydroxyl groups is 1. The smallest absolute Gasteiger partial charge is 0.253 e. The van der Waals surface area contributed by atoms with Gasteiger partial charge in [0.05, 0.1) is 6.61 Å². The van der Waals surface area contributed by atoms with Crippen molar-refractivity contribution in [2.45, 2.75) is 32.8 Å². The first-order valence-electron chi connectivity index (χ1n) is 6.34. The number of rotatable bonds is 6. The third-order valence-electron chi connectivity index (χ3n) is 2.73. The lowest BCUT2D eigenvalue weighted by Crippen LogP contribution is -2.00. The van der Waals surface area contributed by atoms with Gasteiger partial charge in [-0.1, -0.05) is 32.0 Å². The van der Waals surface area contributed by atoms with Crippen LogP contribution in [0.25, 0.3) is 0 Å². The zero-order chi connectivity index (χ0) is 13.7. The van der Waals surface area contributed by atoms with Crippen molar-refractivity contribution in [3.8, 4) is 5.75 Å². The van der Waals surface area contributed by atoms with Crippen molar-refractivity contribution in [2.24, 2.45) is 0 Å². The zero-order valence-electron chi connectivity index (χ0n) is 11.2. The van der Waals surface area contributed by atoms with Gasteiger partial charge in [0.15, 0.2) is 6.61 Å². The fourth-order valence-corrected chi connectivity index (χ4v) is 1.77. The summed E-state index contributed by atoms with van der Waals surface area (Å²) in [7, 11) is 0. The molecule has 0 unspecified atom stereocenters. The standard InChI is InChI=1S/C14H18N2O3/c1-10(2)11-5-3-4-6-12(11)18-9-14-16-15-13(19-14)7-8-17/h3-6,10,17H,7-9H2,1-2H3. The van der Waals surface area contributed by atoms with Crippen LogP contribution in [-0.4, -0.2) is 21.9 Å². The highest BCUT2D eigenvalue weighted by Gasteiger charge is 2.10. The van der Waals surface area contributed by atoms with Crippen LogP contribution in [0.5, 0.6) is 5.75 Å². The monoisotopic (exact) mass is 262 g/mol. The molecule has 0 aliphatic carbocycles. The third-order valence-corrected chi connectivity index (χ3v) is 2.73. The Labute approximate surface area is 112 Å². The van der Waals surface area contributed by atoms with E-state index in [4.69, 9.17) is 14.3 Å². The number of hydrogen-bond donors (Lipinski definition) is 1. The molecular weight excluding hydrogens is 244 g/mol. The Morgan fingerprint density at radius 1 is 1.21 bits per heavy atom. The molecule has 1 aromatic heterocycles. The highest BCUT2D eigenvalue weighted by Crippen LogP contribution is 2.26. The summed E-state index contributed by atoms with van der Waals surface area (Å²) in [6.07, 6.45) is 0.371. The van der Waals surface area contributed by atoms with Gasteiger partial charge in [0, 0.05) is 6.42 Å².